The second-order valence-corrected chi connectivity index (χ2v) is 5.67. The van der Waals surface area contributed by atoms with Crippen LogP contribution < -0.4 is 0 Å². The number of aryl methyl sites for hydroxylation is 1. The molecule has 0 aliphatic carbocycles. The molecule has 0 saturated carbocycles. The molecule has 1 aromatic heterocycles. The molecule has 0 fully saturated rings. The highest BCUT2D eigenvalue weighted by atomic mass is 79.9. The molecule has 0 unspecified atom stereocenters. The number of hydrogen-bond donors (Lipinski definition) is 1. The molecule has 0 aliphatic rings. The number of rotatable bonds is 5. The van der Waals surface area contributed by atoms with Gasteiger partial charge in [0.05, 0.1) is 15.9 Å². The van der Waals surface area contributed by atoms with Crippen molar-refractivity contribution in [1.29, 1.82) is 0 Å². The van der Waals surface area contributed by atoms with Crippen LogP contribution in [0.2, 0.25) is 0 Å². The number of carbonyl (C=O) groups is 1. The average Bonchev–Trinajstić information content (AvgIpc) is 2.82. The molecular formula is C12H11BrFN3O2S. The first kappa shape index (κ1) is 15.0. The van der Waals surface area contributed by atoms with Gasteiger partial charge in [0, 0.05) is 6.42 Å². The lowest BCUT2D eigenvalue weighted by atomic mass is 10.3. The van der Waals surface area contributed by atoms with Crippen LogP contribution in [0.4, 0.5) is 4.39 Å². The third-order valence-corrected chi connectivity index (χ3v) is 4.06. The van der Waals surface area contributed by atoms with Gasteiger partial charge in [-0.05, 0) is 34.1 Å². The van der Waals surface area contributed by atoms with Gasteiger partial charge in [-0.25, -0.2) is 4.39 Å². The maximum absolute atomic E-state index is 13.7. The van der Waals surface area contributed by atoms with E-state index in [1.54, 1.807) is 16.7 Å². The van der Waals surface area contributed by atoms with Crippen LogP contribution >= 0.6 is 27.7 Å². The van der Waals surface area contributed by atoms with Gasteiger partial charge >= 0.3 is 5.97 Å². The van der Waals surface area contributed by atoms with Crippen molar-refractivity contribution in [3.63, 3.8) is 0 Å². The quantitative estimate of drug-likeness (QED) is 0.831. The summed E-state index contributed by atoms with van der Waals surface area (Å²) in [6, 6.07) is 4.67. The molecule has 0 spiro atoms. The lowest BCUT2D eigenvalue weighted by molar-refractivity contribution is -0.133. The first-order valence-corrected chi connectivity index (χ1v) is 7.55. The molecule has 1 N–H and O–H groups in total. The maximum Gasteiger partial charge on any atom is 0.313 e. The summed E-state index contributed by atoms with van der Waals surface area (Å²) >= 11 is 4.15. The molecule has 0 atom stereocenters. The summed E-state index contributed by atoms with van der Waals surface area (Å²) in [5.41, 5.74) is 0.570. The molecule has 0 radical (unpaired) electrons. The van der Waals surface area contributed by atoms with E-state index in [-0.39, 0.29) is 5.75 Å². The van der Waals surface area contributed by atoms with E-state index in [0.29, 0.717) is 27.6 Å². The third kappa shape index (κ3) is 3.18. The number of aliphatic carboxylic acids is 1. The van der Waals surface area contributed by atoms with Crippen LogP contribution in [0.1, 0.15) is 12.7 Å². The number of halogens is 2. The summed E-state index contributed by atoms with van der Waals surface area (Å²) in [7, 11) is 0. The van der Waals surface area contributed by atoms with Crippen molar-refractivity contribution in [2.45, 2.75) is 18.5 Å². The fourth-order valence-corrected chi connectivity index (χ4v) is 2.57. The van der Waals surface area contributed by atoms with Crippen LogP contribution in [-0.2, 0) is 11.2 Å². The lowest BCUT2D eigenvalue weighted by Gasteiger charge is -2.09. The first-order chi connectivity index (χ1) is 9.52. The number of thioether (sulfide) groups is 1. The van der Waals surface area contributed by atoms with Crippen LogP contribution in [0.15, 0.2) is 27.8 Å². The third-order valence-electron chi connectivity index (χ3n) is 2.50. The Bertz CT molecular complexity index is 648. The van der Waals surface area contributed by atoms with Gasteiger partial charge in [-0.3, -0.25) is 9.36 Å². The molecule has 2 rings (SSSR count). The summed E-state index contributed by atoms with van der Waals surface area (Å²) in [5, 5.41) is 17.1. The standard InChI is InChI=1S/C12H11BrFN3O2S/c1-2-10-15-16-12(20-6-11(18)19)17(10)7-3-4-8(13)9(14)5-7/h3-5H,2,6H2,1H3,(H,18,19). The molecule has 1 heterocycles. The minimum absolute atomic E-state index is 0.124. The molecule has 0 saturated heterocycles. The molecule has 20 heavy (non-hydrogen) atoms. The summed E-state index contributed by atoms with van der Waals surface area (Å²) in [5.74, 6) is -0.808. The Morgan fingerprint density at radius 2 is 2.25 bits per heavy atom. The Balaban J connectivity index is 2.44. The van der Waals surface area contributed by atoms with Crippen molar-refractivity contribution in [3.05, 3.63) is 34.3 Å². The molecular weight excluding hydrogens is 349 g/mol. The van der Waals surface area contributed by atoms with E-state index in [1.165, 1.54) is 6.07 Å². The zero-order chi connectivity index (χ0) is 14.7. The Kier molecular flexibility index (Phi) is 4.77. The molecule has 2 aromatic rings. The molecule has 0 amide bonds. The second-order valence-electron chi connectivity index (χ2n) is 3.87. The smallest absolute Gasteiger partial charge is 0.313 e. The van der Waals surface area contributed by atoms with Crippen LogP contribution in [0.5, 0.6) is 0 Å². The molecule has 8 heteroatoms. The van der Waals surface area contributed by atoms with Gasteiger partial charge in [0.2, 0.25) is 0 Å². The van der Waals surface area contributed by atoms with E-state index >= 15 is 0 Å². The number of nitrogens with zero attached hydrogens (tertiary/aromatic N) is 3. The van der Waals surface area contributed by atoms with Crippen molar-refractivity contribution in [2.24, 2.45) is 0 Å². The van der Waals surface area contributed by atoms with Crippen molar-refractivity contribution in [2.75, 3.05) is 5.75 Å². The predicted octanol–water partition coefficient (Wildman–Crippen LogP) is 2.91. The molecule has 1 aromatic carbocycles. The summed E-state index contributed by atoms with van der Waals surface area (Å²) in [6.07, 6.45) is 0.609. The van der Waals surface area contributed by atoms with Crippen LogP contribution in [0.25, 0.3) is 5.69 Å². The topological polar surface area (TPSA) is 68.0 Å². The monoisotopic (exact) mass is 359 g/mol. The van der Waals surface area contributed by atoms with Crippen LogP contribution in [-0.4, -0.2) is 31.6 Å². The number of aromatic nitrogens is 3. The first-order valence-electron chi connectivity index (χ1n) is 5.77. The Morgan fingerprint density at radius 1 is 1.50 bits per heavy atom. The number of benzene rings is 1. The van der Waals surface area contributed by atoms with E-state index in [4.69, 9.17) is 5.11 Å². The zero-order valence-electron chi connectivity index (χ0n) is 10.5. The van der Waals surface area contributed by atoms with Crippen molar-refractivity contribution < 1.29 is 14.3 Å². The Hall–Kier alpha value is -1.41. The Labute approximate surface area is 127 Å². The minimum atomic E-state index is -0.940. The second kappa shape index (κ2) is 6.36. The van der Waals surface area contributed by atoms with E-state index in [9.17, 15) is 9.18 Å². The van der Waals surface area contributed by atoms with Gasteiger partial charge in [0.1, 0.15) is 11.6 Å². The highest BCUT2D eigenvalue weighted by molar-refractivity contribution is 9.10. The SMILES string of the molecule is CCc1nnc(SCC(=O)O)n1-c1ccc(Br)c(F)c1. The Morgan fingerprint density at radius 3 is 2.85 bits per heavy atom. The average molecular weight is 360 g/mol. The van der Waals surface area contributed by atoms with Crippen LogP contribution in [0, 0.1) is 5.82 Å². The highest BCUT2D eigenvalue weighted by Crippen LogP contribution is 2.25. The van der Waals surface area contributed by atoms with Crippen molar-refractivity contribution >= 4 is 33.7 Å². The van der Waals surface area contributed by atoms with Gasteiger partial charge in [0.25, 0.3) is 0 Å². The number of carboxylic acids is 1. The van der Waals surface area contributed by atoms with Crippen molar-refractivity contribution in [3.8, 4) is 5.69 Å². The van der Waals surface area contributed by atoms with E-state index in [0.717, 1.165) is 11.8 Å². The summed E-state index contributed by atoms with van der Waals surface area (Å²) < 4.78 is 15.7. The lowest BCUT2D eigenvalue weighted by Crippen LogP contribution is -2.04. The van der Waals surface area contributed by atoms with E-state index in [1.807, 2.05) is 6.92 Å². The molecule has 106 valence electrons. The summed E-state index contributed by atoms with van der Waals surface area (Å²) in [4.78, 5) is 10.7. The van der Waals surface area contributed by atoms with Gasteiger partial charge in [-0.2, -0.15) is 0 Å². The fraction of sp³-hybridized carbons (Fsp3) is 0.250. The largest absolute Gasteiger partial charge is 0.481 e. The minimum Gasteiger partial charge on any atom is -0.481 e. The van der Waals surface area contributed by atoms with E-state index < -0.39 is 11.8 Å². The summed E-state index contributed by atoms with van der Waals surface area (Å²) in [6.45, 7) is 1.90. The fourth-order valence-electron chi connectivity index (χ4n) is 1.63. The number of carboxylic acid groups (broad SMARTS) is 1. The molecule has 0 bridgehead atoms. The van der Waals surface area contributed by atoms with Gasteiger partial charge in [0.15, 0.2) is 5.16 Å². The van der Waals surface area contributed by atoms with Gasteiger partial charge in [-0.15, -0.1) is 10.2 Å². The predicted molar refractivity (Wildman–Crippen MR) is 76.8 cm³/mol. The van der Waals surface area contributed by atoms with E-state index in [2.05, 4.69) is 26.1 Å². The van der Waals surface area contributed by atoms with Crippen molar-refractivity contribution in [1.82, 2.24) is 14.8 Å². The van der Waals surface area contributed by atoms with Gasteiger partial charge < -0.3 is 5.11 Å². The maximum atomic E-state index is 13.7. The zero-order valence-corrected chi connectivity index (χ0v) is 12.9. The normalized spacial score (nSPS) is 10.8. The molecule has 5 nitrogen and oxygen atoms in total. The molecule has 0 aliphatic heterocycles. The highest BCUT2D eigenvalue weighted by Gasteiger charge is 2.15. The van der Waals surface area contributed by atoms with Crippen LogP contribution in [0.3, 0.4) is 0 Å². The van der Waals surface area contributed by atoms with Gasteiger partial charge in [-0.1, -0.05) is 18.7 Å². The number of hydrogen-bond acceptors (Lipinski definition) is 4.